The van der Waals surface area contributed by atoms with Gasteiger partial charge >= 0.3 is 0 Å². The Morgan fingerprint density at radius 2 is 2.33 bits per heavy atom. The van der Waals surface area contributed by atoms with Crippen molar-refractivity contribution in [3.05, 3.63) is 33.9 Å². The first-order chi connectivity index (χ1) is 10.0. The lowest BCUT2D eigenvalue weighted by molar-refractivity contribution is -0.385. The van der Waals surface area contributed by atoms with Crippen LogP contribution in [-0.2, 0) is 6.54 Å². The molecule has 21 heavy (non-hydrogen) atoms. The van der Waals surface area contributed by atoms with Crippen LogP contribution in [0.1, 0.15) is 25.3 Å². The van der Waals surface area contributed by atoms with Crippen LogP contribution in [0.4, 0.5) is 5.69 Å². The maximum absolute atomic E-state index is 10.9. The third kappa shape index (κ3) is 3.92. The van der Waals surface area contributed by atoms with Crippen molar-refractivity contribution in [3.63, 3.8) is 0 Å². The Morgan fingerprint density at radius 1 is 1.57 bits per heavy atom. The fraction of sp³-hybridized carbons (Fsp3) is 0.600. The summed E-state index contributed by atoms with van der Waals surface area (Å²) >= 11 is 0. The lowest BCUT2D eigenvalue weighted by Gasteiger charge is -2.34. The van der Waals surface area contributed by atoms with Gasteiger partial charge in [-0.1, -0.05) is 0 Å². The Hall–Kier alpha value is -1.66. The van der Waals surface area contributed by atoms with Gasteiger partial charge in [0.25, 0.3) is 5.69 Å². The second-order valence-corrected chi connectivity index (χ2v) is 5.63. The molecule has 1 aliphatic heterocycles. The number of aliphatic hydroxyl groups is 1. The van der Waals surface area contributed by atoms with E-state index in [4.69, 9.17) is 4.74 Å². The quantitative estimate of drug-likeness (QED) is 0.665. The summed E-state index contributed by atoms with van der Waals surface area (Å²) in [5.74, 6) is 0.934. The number of aliphatic hydroxyl groups excluding tert-OH is 1. The van der Waals surface area contributed by atoms with Gasteiger partial charge in [-0.2, -0.15) is 0 Å². The largest absolute Gasteiger partial charge is 0.496 e. The molecule has 6 heteroatoms. The Morgan fingerprint density at radius 3 is 2.95 bits per heavy atom. The molecule has 0 bridgehead atoms. The maximum Gasteiger partial charge on any atom is 0.270 e. The van der Waals surface area contributed by atoms with E-state index in [0.717, 1.165) is 31.5 Å². The normalized spacial score (nSPS) is 21.0. The van der Waals surface area contributed by atoms with Crippen molar-refractivity contribution >= 4 is 5.69 Å². The van der Waals surface area contributed by atoms with Crippen LogP contribution in [0, 0.1) is 16.0 Å². The molecule has 1 heterocycles. The molecule has 6 nitrogen and oxygen atoms in total. The fourth-order valence-corrected chi connectivity index (χ4v) is 2.87. The first-order valence-electron chi connectivity index (χ1n) is 7.23. The zero-order valence-electron chi connectivity index (χ0n) is 12.5. The molecule has 0 amide bonds. The molecule has 0 spiro atoms. The minimum Gasteiger partial charge on any atom is -0.496 e. The number of rotatable bonds is 5. The van der Waals surface area contributed by atoms with Crippen molar-refractivity contribution in [2.45, 2.75) is 32.4 Å². The number of methoxy groups -OCH3 is 1. The molecule has 0 radical (unpaired) electrons. The van der Waals surface area contributed by atoms with Gasteiger partial charge in [-0.15, -0.1) is 0 Å². The maximum atomic E-state index is 10.9. The summed E-state index contributed by atoms with van der Waals surface area (Å²) < 4.78 is 5.30. The van der Waals surface area contributed by atoms with Crippen LogP contribution in [0.3, 0.4) is 0 Å². The van der Waals surface area contributed by atoms with Gasteiger partial charge < -0.3 is 9.84 Å². The molecule has 1 aliphatic rings. The van der Waals surface area contributed by atoms with Gasteiger partial charge in [0.2, 0.25) is 0 Å². The second kappa shape index (κ2) is 6.87. The molecule has 1 saturated heterocycles. The van der Waals surface area contributed by atoms with E-state index in [1.165, 1.54) is 6.07 Å². The van der Waals surface area contributed by atoms with Crippen molar-refractivity contribution in [3.8, 4) is 5.75 Å². The third-order valence-corrected chi connectivity index (χ3v) is 4.09. The smallest absolute Gasteiger partial charge is 0.270 e. The number of nitro groups is 1. The minimum absolute atomic E-state index is 0.0786. The highest BCUT2D eigenvalue weighted by Crippen LogP contribution is 2.27. The first kappa shape index (κ1) is 15.7. The van der Waals surface area contributed by atoms with Gasteiger partial charge in [0.15, 0.2) is 0 Å². The first-order valence-corrected chi connectivity index (χ1v) is 7.23. The average molecular weight is 294 g/mol. The Bertz CT molecular complexity index is 504. The van der Waals surface area contributed by atoms with Gasteiger partial charge in [0.1, 0.15) is 5.75 Å². The van der Waals surface area contributed by atoms with E-state index in [-0.39, 0.29) is 17.7 Å². The van der Waals surface area contributed by atoms with E-state index in [2.05, 4.69) is 4.90 Å². The lowest BCUT2D eigenvalue weighted by Crippen LogP contribution is -2.39. The molecule has 2 unspecified atom stereocenters. The van der Waals surface area contributed by atoms with Crippen LogP contribution < -0.4 is 4.74 Å². The summed E-state index contributed by atoms with van der Waals surface area (Å²) in [4.78, 5) is 12.7. The fourth-order valence-electron chi connectivity index (χ4n) is 2.87. The number of piperidine rings is 1. The molecular weight excluding hydrogens is 272 g/mol. The number of nitro benzene ring substituents is 1. The van der Waals surface area contributed by atoms with Gasteiger partial charge in [0.05, 0.1) is 18.1 Å². The minimum atomic E-state index is -0.391. The van der Waals surface area contributed by atoms with Crippen LogP contribution in [0.5, 0.6) is 5.75 Å². The average Bonchev–Trinajstić information content (AvgIpc) is 2.47. The molecule has 1 aromatic carbocycles. The molecule has 0 saturated carbocycles. The topological polar surface area (TPSA) is 75.8 Å². The SMILES string of the molecule is COc1ccc([N+](=O)[O-])cc1CN1CCCC(C(C)O)C1. The molecule has 0 aromatic heterocycles. The molecule has 116 valence electrons. The highest BCUT2D eigenvalue weighted by molar-refractivity contribution is 5.43. The monoisotopic (exact) mass is 294 g/mol. The van der Waals surface area contributed by atoms with Gasteiger partial charge in [-0.25, -0.2) is 0 Å². The highest BCUT2D eigenvalue weighted by Gasteiger charge is 2.24. The number of hydrogen-bond donors (Lipinski definition) is 1. The second-order valence-electron chi connectivity index (χ2n) is 5.63. The number of ether oxygens (including phenoxy) is 1. The van der Waals surface area contributed by atoms with Crippen molar-refractivity contribution in [2.24, 2.45) is 5.92 Å². The zero-order chi connectivity index (χ0) is 15.4. The van der Waals surface area contributed by atoms with Crippen molar-refractivity contribution in [1.29, 1.82) is 0 Å². The van der Waals surface area contributed by atoms with Crippen molar-refractivity contribution < 1.29 is 14.8 Å². The third-order valence-electron chi connectivity index (χ3n) is 4.09. The van der Waals surface area contributed by atoms with Gasteiger partial charge in [0, 0.05) is 30.8 Å². The van der Waals surface area contributed by atoms with E-state index in [1.54, 1.807) is 19.2 Å². The molecule has 2 atom stereocenters. The van der Waals surface area contributed by atoms with Crippen molar-refractivity contribution in [1.82, 2.24) is 4.90 Å². The zero-order valence-corrected chi connectivity index (χ0v) is 12.5. The van der Waals surface area contributed by atoms with Crippen LogP contribution >= 0.6 is 0 Å². The van der Waals surface area contributed by atoms with Crippen LogP contribution in [0.15, 0.2) is 18.2 Å². The molecule has 1 N–H and O–H groups in total. The van der Waals surface area contributed by atoms with E-state index in [1.807, 2.05) is 6.92 Å². The summed E-state index contributed by atoms with van der Waals surface area (Å²) in [5, 5.41) is 20.6. The number of nitrogens with zero attached hydrogens (tertiary/aromatic N) is 2. The Kier molecular flexibility index (Phi) is 5.14. The predicted octanol–water partition coefficient (Wildman–Crippen LogP) is 2.20. The van der Waals surface area contributed by atoms with E-state index < -0.39 is 4.92 Å². The summed E-state index contributed by atoms with van der Waals surface area (Å²) in [5.41, 5.74) is 0.896. The standard InChI is InChI=1S/C15H22N2O4/c1-11(18)12-4-3-7-16(9-12)10-13-8-14(17(19)20)5-6-15(13)21-2/h5-6,8,11-12,18H,3-4,7,9-10H2,1-2H3. The Balaban J connectivity index is 2.14. The molecule has 1 aromatic rings. The summed E-state index contributed by atoms with van der Waals surface area (Å²) in [6.45, 7) is 4.18. The molecule has 2 rings (SSSR count). The summed E-state index contributed by atoms with van der Waals surface area (Å²) in [6.07, 6.45) is 1.74. The number of benzene rings is 1. The number of hydrogen-bond acceptors (Lipinski definition) is 5. The lowest BCUT2D eigenvalue weighted by atomic mass is 9.93. The van der Waals surface area contributed by atoms with Crippen LogP contribution in [0.25, 0.3) is 0 Å². The van der Waals surface area contributed by atoms with E-state index in [0.29, 0.717) is 12.3 Å². The molecule has 0 aliphatic carbocycles. The Labute approximate surface area is 124 Å². The van der Waals surface area contributed by atoms with Crippen molar-refractivity contribution in [2.75, 3.05) is 20.2 Å². The van der Waals surface area contributed by atoms with E-state index >= 15 is 0 Å². The summed E-state index contributed by atoms with van der Waals surface area (Å²) in [7, 11) is 1.57. The van der Waals surface area contributed by atoms with Gasteiger partial charge in [-0.3, -0.25) is 15.0 Å². The van der Waals surface area contributed by atoms with Gasteiger partial charge in [-0.05, 0) is 38.3 Å². The number of likely N-dealkylation sites (tertiary alicyclic amines) is 1. The molecule has 1 fully saturated rings. The number of non-ortho nitro benzene ring substituents is 1. The molecular formula is C15H22N2O4. The summed E-state index contributed by atoms with van der Waals surface area (Å²) in [6, 6.07) is 4.67. The van der Waals surface area contributed by atoms with Crippen LogP contribution in [0.2, 0.25) is 0 Å². The van der Waals surface area contributed by atoms with Crippen LogP contribution in [-0.4, -0.2) is 41.2 Å². The van der Waals surface area contributed by atoms with E-state index in [9.17, 15) is 15.2 Å². The highest BCUT2D eigenvalue weighted by atomic mass is 16.6. The predicted molar refractivity (Wildman–Crippen MR) is 79.3 cm³/mol.